The lowest BCUT2D eigenvalue weighted by molar-refractivity contribution is 0.102. The van der Waals surface area contributed by atoms with Gasteiger partial charge in [0.2, 0.25) is 0 Å². The molecule has 3 N–H and O–H groups in total. The van der Waals surface area contributed by atoms with Crippen LogP contribution < -0.4 is 20.7 Å². The number of hydrogen-bond acceptors (Lipinski definition) is 9. The fourth-order valence-corrected chi connectivity index (χ4v) is 4.25. The molecule has 196 valence electrons. The maximum atomic E-state index is 13.3. The topological polar surface area (TPSA) is 129 Å². The lowest BCUT2D eigenvalue weighted by Gasteiger charge is -2.24. The smallest absolute Gasteiger partial charge is 0.298 e. The highest BCUT2D eigenvalue weighted by Crippen LogP contribution is 2.34. The SMILES string of the molecule is Nc1ccc(-c2cccc(C(=O)Nc3cc4oc(N5CCOCC5)nc4cc3OCc3ccccc3)n2)cn1. The number of benzene rings is 2. The summed E-state index contributed by atoms with van der Waals surface area (Å²) in [5, 5.41) is 2.95. The van der Waals surface area contributed by atoms with Crippen LogP contribution in [0.3, 0.4) is 0 Å². The molecule has 39 heavy (non-hydrogen) atoms. The standard InChI is InChI=1S/C29H26N6O4/c30-27-10-9-20(17-31-27)21-7-4-8-22(32-21)28(36)33-23-16-26-24(34-29(39-26)35-11-13-37-14-12-35)15-25(23)38-18-19-5-2-1-3-6-19/h1-10,15-17H,11-14,18H2,(H2,30,31)(H,33,36). The van der Waals surface area contributed by atoms with E-state index in [4.69, 9.17) is 19.6 Å². The zero-order valence-electron chi connectivity index (χ0n) is 21.0. The van der Waals surface area contributed by atoms with Crippen LogP contribution in [0, 0.1) is 0 Å². The fraction of sp³-hybridized carbons (Fsp3) is 0.172. The van der Waals surface area contributed by atoms with Crippen molar-refractivity contribution in [3.63, 3.8) is 0 Å². The van der Waals surface area contributed by atoms with Crippen molar-refractivity contribution in [1.29, 1.82) is 0 Å². The Balaban J connectivity index is 1.30. The molecule has 6 rings (SSSR count). The number of ether oxygens (including phenoxy) is 2. The van der Waals surface area contributed by atoms with Crippen LogP contribution in [-0.4, -0.2) is 47.2 Å². The van der Waals surface area contributed by atoms with Crippen LogP contribution in [0.4, 0.5) is 17.5 Å². The first-order valence-electron chi connectivity index (χ1n) is 12.6. The number of carbonyl (C=O) groups excluding carboxylic acids is 1. The summed E-state index contributed by atoms with van der Waals surface area (Å²) >= 11 is 0. The van der Waals surface area contributed by atoms with Crippen LogP contribution >= 0.6 is 0 Å². The average Bonchev–Trinajstić information content (AvgIpc) is 3.40. The molecule has 3 aromatic heterocycles. The van der Waals surface area contributed by atoms with E-state index in [1.165, 1.54) is 0 Å². The summed E-state index contributed by atoms with van der Waals surface area (Å²) in [6.45, 7) is 2.94. The number of carbonyl (C=O) groups is 1. The zero-order valence-corrected chi connectivity index (χ0v) is 21.0. The van der Waals surface area contributed by atoms with Gasteiger partial charge in [0, 0.05) is 37.0 Å². The van der Waals surface area contributed by atoms with Crippen LogP contribution in [0.5, 0.6) is 5.75 Å². The Morgan fingerprint density at radius 2 is 1.85 bits per heavy atom. The number of anilines is 3. The molecule has 0 radical (unpaired) electrons. The number of morpholine rings is 1. The predicted octanol–water partition coefficient (Wildman–Crippen LogP) is 4.53. The Hall–Kier alpha value is -4.96. The molecule has 0 spiro atoms. The second-order valence-corrected chi connectivity index (χ2v) is 9.02. The number of fused-ring (bicyclic) bond motifs is 1. The summed E-state index contributed by atoms with van der Waals surface area (Å²) in [6, 6.07) is 22.6. The van der Waals surface area contributed by atoms with Crippen molar-refractivity contribution in [2.24, 2.45) is 0 Å². The fourth-order valence-electron chi connectivity index (χ4n) is 4.25. The summed E-state index contributed by atoms with van der Waals surface area (Å²) in [5.41, 5.74) is 9.92. The molecule has 1 aliphatic rings. The number of nitrogens with one attached hydrogen (secondary N) is 1. The van der Waals surface area contributed by atoms with Gasteiger partial charge in [-0.2, -0.15) is 4.98 Å². The normalized spacial score (nSPS) is 13.4. The summed E-state index contributed by atoms with van der Waals surface area (Å²) in [4.78, 5) is 28.7. The lowest BCUT2D eigenvalue weighted by Crippen LogP contribution is -2.36. The maximum absolute atomic E-state index is 13.3. The second kappa shape index (κ2) is 10.8. The molecule has 4 heterocycles. The first kappa shape index (κ1) is 24.4. The Labute approximate surface area is 224 Å². The van der Waals surface area contributed by atoms with Crippen molar-refractivity contribution in [2.45, 2.75) is 6.61 Å². The lowest BCUT2D eigenvalue weighted by atomic mass is 10.1. The van der Waals surface area contributed by atoms with Crippen LogP contribution in [0.2, 0.25) is 0 Å². The van der Waals surface area contributed by atoms with Crippen molar-refractivity contribution in [3.8, 4) is 17.0 Å². The van der Waals surface area contributed by atoms with Gasteiger partial charge in [0.1, 0.15) is 29.4 Å². The van der Waals surface area contributed by atoms with Crippen molar-refractivity contribution in [3.05, 3.63) is 90.3 Å². The molecule has 5 aromatic rings. The number of hydrogen-bond donors (Lipinski definition) is 2. The average molecular weight is 523 g/mol. The minimum Gasteiger partial charge on any atom is -0.487 e. The van der Waals surface area contributed by atoms with Crippen molar-refractivity contribution in [2.75, 3.05) is 42.3 Å². The van der Waals surface area contributed by atoms with E-state index in [1.54, 1.807) is 36.5 Å². The largest absolute Gasteiger partial charge is 0.487 e. The Kier molecular flexibility index (Phi) is 6.75. The third-order valence-electron chi connectivity index (χ3n) is 6.31. The summed E-state index contributed by atoms with van der Waals surface area (Å²) in [7, 11) is 0. The summed E-state index contributed by atoms with van der Waals surface area (Å²) < 4.78 is 17.7. The van der Waals surface area contributed by atoms with Gasteiger partial charge < -0.3 is 29.8 Å². The number of aromatic nitrogens is 3. The van der Waals surface area contributed by atoms with Gasteiger partial charge in [-0.3, -0.25) is 4.79 Å². The molecule has 2 aromatic carbocycles. The number of nitrogen functional groups attached to an aromatic ring is 1. The molecule has 0 saturated carbocycles. The minimum atomic E-state index is -0.392. The maximum Gasteiger partial charge on any atom is 0.298 e. The van der Waals surface area contributed by atoms with E-state index in [0.717, 1.165) is 11.1 Å². The molecule has 0 atom stereocenters. The molecular weight excluding hydrogens is 496 g/mol. The van der Waals surface area contributed by atoms with E-state index in [2.05, 4.69) is 20.3 Å². The quantitative estimate of drug-likeness (QED) is 0.317. The van der Waals surface area contributed by atoms with E-state index in [-0.39, 0.29) is 5.69 Å². The predicted molar refractivity (Wildman–Crippen MR) is 148 cm³/mol. The molecule has 10 nitrogen and oxygen atoms in total. The van der Waals surface area contributed by atoms with Crippen LogP contribution in [0.15, 0.2) is 83.4 Å². The number of oxazole rings is 1. The van der Waals surface area contributed by atoms with Gasteiger partial charge >= 0.3 is 0 Å². The van der Waals surface area contributed by atoms with Gasteiger partial charge in [-0.1, -0.05) is 36.4 Å². The third kappa shape index (κ3) is 5.51. The zero-order chi connectivity index (χ0) is 26.6. The van der Waals surface area contributed by atoms with Gasteiger partial charge in [0.25, 0.3) is 11.9 Å². The molecule has 1 aliphatic heterocycles. The van der Waals surface area contributed by atoms with E-state index in [9.17, 15) is 4.79 Å². The van der Waals surface area contributed by atoms with Crippen molar-refractivity contribution in [1.82, 2.24) is 15.0 Å². The van der Waals surface area contributed by atoms with Crippen molar-refractivity contribution < 1.29 is 18.7 Å². The summed E-state index contributed by atoms with van der Waals surface area (Å²) in [5.74, 6) is 0.493. The Bertz CT molecular complexity index is 1600. The first-order valence-corrected chi connectivity index (χ1v) is 12.6. The highest BCUT2D eigenvalue weighted by molar-refractivity contribution is 6.05. The van der Waals surface area contributed by atoms with Crippen LogP contribution in [-0.2, 0) is 11.3 Å². The molecule has 0 bridgehead atoms. The number of nitrogens with zero attached hydrogens (tertiary/aromatic N) is 4. The summed E-state index contributed by atoms with van der Waals surface area (Å²) in [6.07, 6.45) is 1.62. The third-order valence-corrected chi connectivity index (χ3v) is 6.31. The Morgan fingerprint density at radius 3 is 2.64 bits per heavy atom. The van der Waals surface area contributed by atoms with Crippen LogP contribution in [0.25, 0.3) is 22.4 Å². The molecule has 1 saturated heterocycles. The molecule has 0 aliphatic carbocycles. The van der Waals surface area contributed by atoms with Crippen LogP contribution in [0.1, 0.15) is 16.1 Å². The molecule has 1 amide bonds. The number of amides is 1. The second-order valence-electron chi connectivity index (χ2n) is 9.02. The number of pyridine rings is 2. The Morgan fingerprint density at radius 1 is 1.00 bits per heavy atom. The van der Waals surface area contributed by atoms with Gasteiger partial charge in [0.05, 0.1) is 24.6 Å². The minimum absolute atomic E-state index is 0.241. The van der Waals surface area contributed by atoms with Gasteiger partial charge in [-0.15, -0.1) is 0 Å². The number of rotatable bonds is 7. The van der Waals surface area contributed by atoms with Crippen molar-refractivity contribution >= 4 is 34.5 Å². The van der Waals surface area contributed by atoms with E-state index in [0.29, 0.717) is 73.0 Å². The number of nitrogens with two attached hydrogens (primary N) is 1. The molecule has 1 fully saturated rings. The first-order chi connectivity index (χ1) is 19.1. The monoisotopic (exact) mass is 522 g/mol. The van der Waals surface area contributed by atoms with E-state index in [1.807, 2.05) is 47.4 Å². The molecular formula is C29H26N6O4. The molecule has 0 unspecified atom stereocenters. The van der Waals surface area contributed by atoms with Gasteiger partial charge in [-0.05, 0) is 29.8 Å². The van der Waals surface area contributed by atoms with Gasteiger partial charge in [-0.25, -0.2) is 9.97 Å². The van der Waals surface area contributed by atoms with E-state index >= 15 is 0 Å². The highest BCUT2D eigenvalue weighted by Gasteiger charge is 2.20. The molecule has 10 heteroatoms. The van der Waals surface area contributed by atoms with E-state index < -0.39 is 5.91 Å². The van der Waals surface area contributed by atoms with Gasteiger partial charge in [0.15, 0.2) is 5.58 Å². The highest BCUT2D eigenvalue weighted by atomic mass is 16.5.